The molecule has 0 bridgehead atoms. The van der Waals surface area contributed by atoms with Gasteiger partial charge in [0.05, 0.1) is 6.61 Å². The third-order valence-corrected chi connectivity index (χ3v) is 1.18. The van der Waals surface area contributed by atoms with E-state index in [4.69, 9.17) is 10.2 Å². The van der Waals surface area contributed by atoms with Crippen molar-refractivity contribution in [3.05, 3.63) is 12.7 Å². The molecule has 0 amide bonds. The van der Waals surface area contributed by atoms with Crippen LogP contribution in [0.15, 0.2) is 12.7 Å². The molecule has 0 aliphatic carbocycles. The van der Waals surface area contributed by atoms with Gasteiger partial charge in [0.2, 0.25) is 6.29 Å². The van der Waals surface area contributed by atoms with Gasteiger partial charge in [-0.2, -0.15) is 0 Å². The molecule has 0 aromatic heterocycles. The SMILES string of the molecule is C=CC(=O)OC(O)C(C)CO. The molecule has 0 radical (unpaired) electrons. The van der Waals surface area contributed by atoms with Gasteiger partial charge in [0.25, 0.3) is 0 Å². The quantitative estimate of drug-likeness (QED) is 0.335. The highest BCUT2D eigenvalue weighted by atomic mass is 16.6. The van der Waals surface area contributed by atoms with Crippen molar-refractivity contribution < 1.29 is 19.7 Å². The van der Waals surface area contributed by atoms with Crippen molar-refractivity contribution in [3.8, 4) is 0 Å². The second kappa shape index (κ2) is 4.87. The third-order valence-electron chi connectivity index (χ3n) is 1.18. The largest absolute Gasteiger partial charge is 0.432 e. The van der Waals surface area contributed by atoms with Crippen LogP contribution >= 0.6 is 0 Å². The number of aliphatic hydroxyl groups is 2. The number of esters is 1. The summed E-state index contributed by atoms with van der Waals surface area (Å²) in [6.07, 6.45) is -0.307. The average molecular weight is 160 g/mol. The molecule has 0 fully saturated rings. The van der Waals surface area contributed by atoms with Gasteiger partial charge >= 0.3 is 5.97 Å². The fourth-order valence-electron chi connectivity index (χ4n) is 0.373. The standard InChI is InChI=1S/C7H12O4/c1-3-6(9)11-7(10)5(2)4-8/h3,5,7-8,10H,1,4H2,2H3. The molecule has 2 atom stereocenters. The van der Waals surface area contributed by atoms with E-state index in [1.165, 1.54) is 0 Å². The van der Waals surface area contributed by atoms with Crippen LogP contribution in [0.25, 0.3) is 0 Å². The summed E-state index contributed by atoms with van der Waals surface area (Å²) in [6.45, 7) is 4.48. The molecule has 0 heterocycles. The molecule has 0 saturated heterocycles. The highest BCUT2D eigenvalue weighted by Gasteiger charge is 2.15. The lowest BCUT2D eigenvalue weighted by molar-refractivity contribution is -0.172. The first-order chi connectivity index (χ1) is 5.11. The lowest BCUT2D eigenvalue weighted by Crippen LogP contribution is -2.26. The normalized spacial score (nSPS) is 15.2. The van der Waals surface area contributed by atoms with Crippen molar-refractivity contribution >= 4 is 5.97 Å². The van der Waals surface area contributed by atoms with E-state index in [0.717, 1.165) is 6.08 Å². The molecule has 0 aromatic carbocycles. The molecular weight excluding hydrogens is 148 g/mol. The molecule has 0 saturated carbocycles. The van der Waals surface area contributed by atoms with E-state index in [1.807, 2.05) is 0 Å². The summed E-state index contributed by atoms with van der Waals surface area (Å²) in [5.41, 5.74) is 0. The highest BCUT2D eigenvalue weighted by molar-refractivity contribution is 5.81. The predicted octanol–water partition coefficient (Wildman–Crippen LogP) is -0.338. The van der Waals surface area contributed by atoms with Crippen LogP contribution in [0.3, 0.4) is 0 Å². The monoisotopic (exact) mass is 160 g/mol. The molecular formula is C7H12O4. The van der Waals surface area contributed by atoms with E-state index in [0.29, 0.717) is 0 Å². The van der Waals surface area contributed by atoms with Gasteiger partial charge in [-0.05, 0) is 0 Å². The van der Waals surface area contributed by atoms with Gasteiger partial charge in [0, 0.05) is 12.0 Å². The Hall–Kier alpha value is -0.870. The summed E-state index contributed by atoms with van der Waals surface area (Å²) < 4.78 is 4.39. The van der Waals surface area contributed by atoms with Crippen LogP contribution in [0.5, 0.6) is 0 Å². The zero-order valence-corrected chi connectivity index (χ0v) is 6.36. The first-order valence-electron chi connectivity index (χ1n) is 3.23. The molecule has 0 aromatic rings. The van der Waals surface area contributed by atoms with Gasteiger partial charge in [0.1, 0.15) is 0 Å². The molecule has 0 aliphatic heterocycles. The van der Waals surface area contributed by atoms with Gasteiger partial charge in [-0.15, -0.1) is 0 Å². The smallest absolute Gasteiger partial charge is 0.332 e. The maximum atomic E-state index is 10.5. The summed E-state index contributed by atoms with van der Waals surface area (Å²) in [5, 5.41) is 17.5. The lowest BCUT2D eigenvalue weighted by atomic mass is 10.2. The van der Waals surface area contributed by atoms with Gasteiger partial charge in [0.15, 0.2) is 0 Å². The van der Waals surface area contributed by atoms with Crippen molar-refractivity contribution in [2.45, 2.75) is 13.2 Å². The van der Waals surface area contributed by atoms with Crippen LogP contribution in [0.4, 0.5) is 0 Å². The first kappa shape index (κ1) is 10.1. The zero-order chi connectivity index (χ0) is 8.85. The Morgan fingerprint density at radius 3 is 2.73 bits per heavy atom. The molecule has 2 unspecified atom stereocenters. The van der Waals surface area contributed by atoms with E-state index >= 15 is 0 Å². The van der Waals surface area contributed by atoms with Crippen LogP contribution in [0.2, 0.25) is 0 Å². The molecule has 0 spiro atoms. The van der Waals surface area contributed by atoms with Crippen LogP contribution in [-0.2, 0) is 9.53 Å². The summed E-state index contributed by atoms with van der Waals surface area (Å²) in [4.78, 5) is 10.5. The van der Waals surface area contributed by atoms with E-state index < -0.39 is 18.2 Å². The fourth-order valence-corrected chi connectivity index (χ4v) is 0.373. The van der Waals surface area contributed by atoms with E-state index in [2.05, 4.69) is 11.3 Å². The third kappa shape index (κ3) is 3.75. The van der Waals surface area contributed by atoms with E-state index in [1.54, 1.807) is 6.92 Å². The van der Waals surface area contributed by atoms with Gasteiger partial charge in [-0.3, -0.25) is 0 Å². The van der Waals surface area contributed by atoms with Crippen molar-refractivity contribution in [2.24, 2.45) is 5.92 Å². The Labute approximate surface area is 65.1 Å². The average Bonchev–Trinajstić information content (AvgIpc) is 2.02. The van der Waals surface area contributed by atoms with Crippen molar-refractivity contribution in [1.82, 2.24) is 0 Å². The second-order valence-electron chi connectivity index (χ2n) is 2.19. The van der Waals surface area contributed by atoms with Gasteiger partial charge in [-0.1, -0.05) is 13.5 Å². The Bertz CT molecular complexity index is 143. The van der Waals surface area contributed by atoms with Crippen molar-refractivity contribution in [3.63, 3.8) is 0 Å². The first-order valence-corrected chi connectivity index (χ1v) is 3.23. The number of carbonyl (C=O) groups is 1. The van der Waals surface area contributed by atoms with Crippen molar-refractivity contribution in [1.29, 1.82) is 0 Å². The highest BCUT2D eigenvalue weighted by Crippen LogP contribution is 2.03. The number of aliphatic hydroxyl groups excluding tert-OH is 2. The molecule has 0 rings (SSSR count). The van der Waals surface area contributed by atoms with Crippen LogP contribution < -0.4 is 0 Å². The molecule has 11 heavy (non-hydrogen) atoms. The van der Waals surface area contributed by atoms with Crippen LogP contribution in [0.1, 0.15) is 6.92 Å². The Morgan fingerprint density at radius 1 is 1.82 bits per heavy atom. The Kier molecular flexibility index (Phi) is 4.49. The predicted molar refractivity (Wildman–Crippen MR) is 38.5 cm³/mol. The second-order valence-corrected chi connectivity index (χ2v) is 2.19. The Balaban J connectivity index is 3.76. The summed E-state index contributed by atoms with van der Waals surface area (Å²) >= 11 is 0. The molecule has 4 nitrogen and oxygen atoms in total. The van der Waals surface area contributed by atoms with Gasteiger partial charge < -0.3 is 14.9 Å². The van der Waals surface area contributed by atoms with Crippen molar-refractivity contribution in [2.75, 3.05) is 6.61 Å². The maximum absolute atomic E-state index is 10.5. The molecule has 64 valence electrons. The lowest BCUT2D eigenvalue weighted by Gasteiger charge is -2.15. The minimum atomic E-state index is -1.26. The number of ether oxygens (including phenoxy) is 1. The van der Waals surface area contributed by atoms with E-state index in [9.17, 15) is 4.79 Å². The summed E-state index contributed by atoms with van der Waals surface area (Å²) in [5.74, 6) is -1.17. The number of rotatable bonds is 4. The number of hydrogen-bond acceptors (Lipinski definition) is 4. The summed E-state index contributed by atoms with van der Waals surface area (Å²) in [7, 11) is 0. The Morgan fingerprint density at radius 2 is 2.36 bits per heavy atom. The maximum Gasteiger partial charge on any atom is 0.332 e. The summed E-state index contributed by atoms with van der Waals surface area (Å²) in [6, 6.07) is 0. The fraction of sp³-hybridized carbons (Fsp3) is 0.571. The zero-order valence-electron chi connectivity index (χ0n) is 6.36. The number of hydrogen-bond donors (Lipinski definition) is 2. The topological polar surface area (TPSA) is 66.8 Å². The minimum absolute atomic E-state index is 0.231. The molecule has 2 N–H and O–H groups in total. The van der Waals surface area contributed by atoms with Gasteiger partial charge in [-0.25, -0.2) is 4.79 Å². The molecule has 0 aliphatic rings. The number of carbonyl (C=O) groups excluding carboxylic acids is 1. The van der Waals surface area contributed by atoms with Crippen LogP contribution in [-0.4, -0.2) is 29.1 Å². The van der Waals surface area contributed by atoms with Crippen LogP contribution in [0, 0.1) is 5.92 Å². The minimum Gasteiger partial charge on any atom is -0.432 e. The van der Waals surface area contributed by atoms with E-state index in [-0.39, 0.29) is 6.61 Å². The molecule has 4 heteroatoms.